The molecule has 1 fully saturated rings. The standard InChI is InChI=1S/C12H16N6O/c1-18-10-5-3-2-4-8(10)15-11(18)7-13-12(19)9-6-14-17-16-9/h2-5,9,14,16-17H,6-7H2,1H3,(H,13,19). The molecule has 1 aliphatic heterocycles. The summed E-state index contributed by atoms with van der Waals surface area (Å²) in [4.78, 5) is 16.4. The summed E-state index contributed by atoms with van der Waals surface area (Å²) in [5.74, 6) is 0.790. The zero-order valence-corrected chi connectivity index (χ0v) is 10.6. The number of benzene rings is 1. The summed E-state index contributed by atoms with van der Waals surface area (Å²) in [5.41, 5.74) is 10.4. The molecule has 1 aromatic carbocycles. The summed E-state index contributed by atoms with van der Waals surface area (Å²) in [6.45, 7) is 0.983. The quantitative estimate of drug-likeness (QED) is 0.579. The number of rotatable bonds is 3. The lowest BCUT2D eigenvalue weighted by molar-refractivity contribution is -0.122. The average molecular weight is 260 g/mol. The zero-order valence-electron chi connectivity index (χ0n) is 10.6. The van der Waals surface area contributed by atoms with Gasteiger partial charge in [-0.3, -0.25) is 4.79 Å². The van der Waals surface area contributed by atoms with Crippen molar-refractivity contribution in [1.82, 2.24) is 31.3 Å². The topological polar surface area (TPSA) is 83.0 Å². The highest BCUT2D eigenvalue weighted by Crippen LogP contribution is 2.13. The molecule has 0 aliphatic carbocycles. The lowest BCUT2D eigenvalue weighted by Gasteiger charge is -2.09. The number of fused-ring (bicyclic) bond motifs is 1. The number of carbonyl (C=O) groups is 1. The molecule has 0 saturated carbocycles. The Morgan fingerprint density at radius 1 is 1.53 bits per heavy atom. The first kappa shape index (κ1) is 12.1. The number of aromatic nitrogens is 2. The Balaban J connectivity index is 1.71. The van der Waals surface area contributed by atoms with Crippen molar-refractivity contribution in [1.29, 1.82) is 0 Å². The Bertz CT molecular complexity index is 601. The number of hydrogen-bond acceptors (Lipinski definition) is 5. The molecule has 0 radical (unpaired) electrons. The number of nitrogens with zero attached hydrogens (tertiary/aromatic N) is 2. The van der Waals surface area contributed by atoms with E-state index in [1.165, 1.54) is 0 Å². The van der Waals surface area contributed by atoms with Crippen molar-refractivity contribution in [3.8, 4) is 0 Å². The molecule has 1 aromatic heterocycles. The average Bonchev–Trinajstić information content (AvgIpc) is 3.05. The van der Waals surface area contributed by atoms with E-state index < -0.39 is 0 Å². The van der Waals surface area contributed by atoms with Crippen LogP contribution in [0.15, 0.2) is 24.3 Å². The molecule has 3 rings (SSSR count). The molecule has 1 saturated heterocycles. The molecule has 1 amide bonds. The molecule has 7 nitrogen and oxygen atoms in total. The molecule has 7 heteroatoms. The minimum absolute atomic E-state index is 0.0513. The third-order valence-corrected chi connectivity index (χ3v) is 3.26. The van der Waals surface area contributed by atoms with Gasteiger partial charge in [0.05, 0.1) is 17.6 Å². The summed E-state index contributed by atoms with van der Waals surface area (Å²) in [7, 11) is 1.95. The fourth-order valence-electron chi connectivity index (χ4n) is 2.14. The Morgan fingerprint density at radius 2 is 2.37 bits per heavy atom. The Hall–Kier alpha value is -1.96. The van der Waals surface area contributed by atoms with Crippen LogP contribution in [0.1, 0.15) is 5.82 Å². The second-order valence-corrected chi connectivity index (χ2v) is 4.50. The van der Waals surface area contributed by atoms with Gasteiger partial charge in [0.15, 0.2) is 0 Å². The van der Waals surface area contributed by atoms with Gasteiger partial charge in [-0.05, 0) is 12.1 Å². The van der Waals surface area contributed by atoms with Gasteiger partial charge in [0.25, 0.3) is 0 Å². The van der Waals surface area contributed by atoms with Crippen molar-refractivity contribution in [2.45, 2.75) is 12.6 Å². The Morgan fingerprint density at radius 3 is 3.11 bits per heavy atom. The van der Waals surface area contributed by atoms with E-state index in [2.05, 4.69) is 26.7 Å². The van der Waals surface area contributed by atoms with Crippen LogP contribution >= 0.6 is 0 Å². The van der Waals surface area contributed by atoms with Gasteiger partial charge in [0.1, 0.15) is 11.9 Å². The molecular formula is C12H16N6O. The van der Waals surface area contributed by atoms with Crippen molar-refractivity contribution < 1.29 is 4.79 Å². The summed E-state index contributed by atoms with van der Waals surface area (Å²) >= 11 is 0. The predicted octanol–water partition coefficient (Wildman–Crippen LogP) is -0.829. The van der Waals surface area contributed by atoms with Gasteiger partial charge in [-0.1, -0.05) is 12.1 Å². The molecular weight excluding hydrogens is 244 g/mol. The van der Waals surface area contributed by atoms with Gasteiger partial charge >= 0.3 is 0 Å². The molecule has 1 aliphatic rings. The Labute approximate surface area is 110 Å². The van der Waals surface area contributed by atoms with E-state index in [9.17, 15) is 4.79 Å². The number of amides is 1. The van der Waals surface area contributed by atoms with Crippen LogP contribution in [0.5, 0.6) is 0 Å². The molecule has 0 spiro atoms. The second kappa shape index (κ2) is 4.96. The Kier molecular flexibility index (Phi) is 3.16. The second-order valence-electron chi connectivity index (χ2n) is 4.50. The van der Waals surface area contributed by atoms with Gasteiger partial charge < -0.3 is 9.88 Å². The first-order chi connectivity index (χ1) is 9.25. The molecule has 0 bridgehead atoms. The predicted molar refractivity (Wildman–Crippen MR) is 70.6 cm³/mol. The fourth-order valence-corrected chi connectivity index (χ4v) is 2.14. The third kappa shape index (κ3) is 2.30. The number of aryl methyl sites for hydroxylation is 1. The van der Waals surface area contributed by atoms with E-state index in [1.807, 2.05) is 35.9 Å². The van der Waals surface area contributed by atoms with Crippen molar-refractivity contribution in [2.75, 3.05) is 6.54 Å². The largest absolute Gasteiger partial charge is 0.347 e. The summed E-state index contributed by atoms with van der Waals surface area (Å²) < 4.78 is 1.99. The minimum Gasteiger partial charge on any atom is -0.347 e. The SMILES string of the molecule is Cn1c(CNC(=O)C2CNNN2)nc2ccccc21. The number of para-hydroxylation sites is 2. The lowest BCUT2D eigenvalue weighted by atomic mass is 10.3. The molecule has 1 atom stereocenters. The molecule has 2 aromatic rings. The van der Waals surface area contributed by atoms with Crippen LogP contribution < -0.4 is 21.7 Å². The number of hydrazine groups is 2. The molecule has 100 valence electrons. The van der Waals surface area contributed by atoms with E-state index in [0.29, 0.717) is 13.1 Å². The van der Waals surface area contributed by atoms with Crippen LogP contribution in [0.4, 0.5) is 0 Å². The monoisotopic (exact) mass is 260 g/mol. The molecule has 1 unspecified atom stereocenters. The lowest BCUT2D eigenvalue weighted by Crippen LogP contribution is -2.44. The van der Waals surface area contributed by atoms with Crippen LogP contribution in [-0.2, 0) is 18.4 Å². The van der Waals surface area contributed by atoms with Crippen LogP contribution in [0.3, 0.4) is 0 Å². The van der Waals surface area contributed by atoms with Crippen LogP contribution in [0.2, 0.25) is 0 Å². The zero-order chi connectivity index (χ0) is 13.2. The van der Waals surface area contributed by atoms with Crippen molar-refractivity contribution in [2.24, 2.45) is 7.05 Å². The highest BCUT2D eigenvalue weighted by atomic mass is 16.2. The maximum Gasteiger partial charge on any atom is 0.240 e. The molecule has 2 heterocycles. The molecule has 4 N–H and O–H groups in total. The van der Waals surface area contributed by atoms with Gasteiger partial charge in [0, 0.05) is 13.6 Å². The van der Waals surface area contributed by atoms with Gasteiger partial charge in [-0.2, -0.15) is 5.53 Å². The van der Waals surface area contributed by atoms with E-state index in [-0.39, 0.29) is 11.9 Å². The van der Waals surface area contributed by atoms with Gasteiger partial charge in [-0.25, -0.2) is 15.8 Å². The van der Waals surface area contributed by atoms with Crippen LogP contribution in [0, 0.1) is 0 Å². The van der Waals surface area contributed by atoms with E-state index in [0.717, 1.165) is 16.9 Å². The van der Waals surface area contributed by atoms with Gasteiger partial charge in [0.2, 0.25) is 5.91 Å². The van der Waals surface area contributed by atoms with E-state index in [4.69, 9.17) is 0 Å². The third-order valence-electron chi connectivity index (χ3n) is 3.26. The first-order valence-electron chi connectivity index (χ1n) is 6.17. The van der Waals surface area contributed by atoms with Crippen LogP contribution in [-0.4, -0.2) is 28.0 Å². The van der Waals surface area contributed by atoms with Gasteiger partial charge in [-0.15, -0.1) is 0 Å². The van der Waals surface area contributed by atoms with Crippen molar-refractivity contribution in [3.63, 3.8) is 0 Å². The number of hydrogen-bond donors (Lipinski definition) is 4. The number of nitrogens with one attached hydrogen (secondary N) is 4. The highest BCUT2D eigenvalue weighted by Gasteiger charge is 2.21. The normalized spacial score (nSPS) is 18.9. The van der Waals surface area contributed by atoms with Crippen LogP contribution in [0.25, 0.3) is 11.0 Å². The maximum atomic E-state index is 11.9. The summed E-state index contributed by atoms with van der Waals surface area (Å²) in [6, 6.07) is 7.66. The number of carbonyl (C=O) groups excluding carboxylic acids is 1. The first-order valence-corrected chi connectivity index (χ1v) is 6.17. The number of imidazole rings is 1. The fraction of sp³-hybridized carbons (Fsp3) is 0.333. The van der Waals surface area contributed by atoms with E-state index in [1.54, 1.807) is 0 Å². The van der Waals surface area contributed by atoms with E-state index >= 15 is 0 Å². The summed E-state index contributed by atoms with van der Waals surface area (Å²) in [6.07, 6.45) is 0. The highest BCUT2D eigenvalue weighted by molar-refractivity contribution is 5.82. The van der Waals surface area contributed by atoms with Crippen molar-refractivity contribution in [3.05, 3.63) is 30.1 Å². The molecule has 19 heavy (non-hydrogen) atoms. The minimum atomic E-state index is -0.255. The van der Waals surface area contributed by atoms with Crippen molar-refractivity contribution >= 4 is 16.9 Å². The smallest absolute Gasteiger partial charge is 0.240 e. The maximum absolute atomic E-state index is 11.9. The summed E-state index contributed by atoms with van der Waals surface area (Å²) in [5, 5.41) is 2.88.